The standard InChI is InChI=1S/C25H29N3O2/c1-17(13-26)25(29)27-18(2)20-5-7-21(8-6-20)22-14-28(15-22)23-9-11-24(12-10-23)30-16-19-3-4-19/h5-12,17-19,22H,3-4,14-16H2,1-2H3,(H,27,29). The number of rotatable bonds is 8. The summed E-state index contributed by atoms with van der Waals surface area (Å²) in [6, 6.07) is 18.8. The van der Waals surface area contributed by atoms with E-state index < -0.39 is 5.92 Å². The highest BCUT2D eigenvalue weighted by Gasteiger charge is 2.28. The second-order valence-electron chi connectivity index (χ2n) is 8.60. The van der Waals surface area contributed by atoms with Gasteiger partial charge in [0.2, 0.25) is 5.91 Å². The molecule has 0 spiro atoms. The molecule has 4 rings (SSSR count). The van der Waals surface area contributed by atoms with Crippen molar-refractivity contribution in [2.75, 3.05) is 24.6 Å². The van der Waals surface area contributed by atoms with Crippen LogP contribution in [0.1, 0.15) is 49.8 Å². The maximum Gasteiger partial charge on any atom is 0.237 e. The first-order chi connectivity index (χ1) is 14.5. The van der Waals surface area contributed by atoms with Gasteiger partial charge in [-0.2, -0.15) is 5.26 Å². The highest BCUT2D eigenvalue weighted by molar-refractivity contribution is 5.81. The lowest BCUT2D eigenvalue weighted by Crippen LogP contribution is -2.45. The molecule has 5 heteroatoms. The number of nitriles is 1. The highest BCUT2D eigenvalue weighted by atomic mass is 16.5. The topological polar surface area (TPSA) is 65.4 Å². The normalized spacial score (nSPS) is 18.1. The molecule has 1 saturated heterocycles. The third-order valence-corrected chi connectivity index (χ3v) is 6.12. The first-order valence-corrected chi connectivity index (χ1v) is 10.8. The molecule has 0 radical (unpaired) electrons. The van der Waals surface area contributed by atoms with Crippen LogP contribution in [-0.4, -0.2) is 25.6 Å². The Hall–Kier alpha value is -3.00. The molecule has 2 aromatic rings. The van der Waals surface area contributed by atoms with Gasteiger partial charge in [0, 0.05) is 24.7 Å². The van der Waals surface area contributed by atoms with Crippen molar-refractivity contribution in [1.82, 2.24) is 5.32 Å². The molecule has 30 heavy (non-hydrogen) atoms. The van der Waals surface area contributed by atoms with Crippen LogP contribution < -0.4 is 15.0 Å². The molecule has 1 aliphatic carbocycles. The Bertz CT molecular complexity index is 907. The van der Waals surface area contributed by atoms with E-state index in [9.17, 15) is 4.79 Å². The maximum absolute atomic E-state index is 11.9. The van der Waals surface area contributed by atoms with Crippen molar-refractivity contribution in [3.05, 3.63) is 59.7 Å². The third-order valence-electron chi connectivity index (χ3n) is 6.12. The predicted molar refractivity (Wildman–Crippen MR) is 117 cm³/mol. The van der Waals surface area contributed by atoms with E-state index in [-0.39, 0.29) is 11.9 Å². The molecule has 1 N–H and O–H groups in total. The van der Waals surface area contributed by atoms with Crippen LogP contribution in [0.25, 0.3) is 0 Å². The smallest absolute Gasteiger partial charge is 0.237 e. The Morgan fingerprint density at radius 1 is 1.13 bits per heavy atom. The number of hydrogen-bond acceptors (Lipinski definition) is 4. The largest absolute Gasteiger partial charge is 0.493 e. The van der Waals surface area contributed by atoms with E-state index in [1.54, 1.807) is 6.92 Å². The fourth-order valence-electron chi connectivity index (χ4n) is 3.69. The molecular weight excluding hydrogens is 374 g/mol. The summed E-state index contributed by atoms with van der Waals surface area (Å²) >= 11 is 0. The summed E-state index contributed by atoms with van der Waals surface area (Å²) in [5.41, 5.74) is 3.61. The van der Waals surface area contributed by atoms with Crippen molar-refractivity contribution in [2.45, 2.75) is 38.6 Å². The summed E-state index contributed by atoms with van der Waals surface area (Å²) in [5.74, 6) is 1.39. The van der Waals surface area contributed by atoms with E-state index in [2.05, 4.69) is 58.7 Å². The SMILES string of the molecule is CC(C#N)C(=O)NC(C)c1ccc(C2CN(c3ccc(OCC4CC4)cc3)C2)cc1. The van der Waals surface area contributed by atoms with E-state index in [4.69, 9.17) is 10.00 Å². The molecule has 1 amide bonds. The van der Waals surface area contributed by atoms with Crippen molar-refractivity contribution in [2.24, 2.45) is 11.8 Å². The average molecular weight is 404 g/mol. The summed E-state index contributed by atoms with van der Waals surface area (Å²) < 4.78 is 5.82. The fourth-order valence-corrected chi connectivity index (χ4v) is 3.69. The average Bonchev–Trinajstić information content (AvgIpc) is 3.56. The minimum absolute atomic E-state index is 0.110. The zero-order valence-electron chi connectivity index (χ0n) is 17.7. The van der Waals surface area contributed by atoms with Gasteiger partial charge >= 0.3 is 0 Å². The van der Waals surface area contributed by atoms with Gasteiger partial charge in [-0.25, -0.2) is 0 Å². The van der Waals surface area contributed by atoms with Crippen molar-refractivity contribution < 1.29 is 9.53 Å². The Labute approximate surface area is 178 Å². The summed E-state index contributed by atoms with van der Waals surface area (Å²) in [5, 5.41) is 11.8. The van der Waals surface area contributed by atoms with Gasteiger partial charge in [0.1, 0.15) is 11.7 Å². The zero-order chi connectivity index (χ0) is 21.1. The van der Waals surface area contributed by atoms with Gasteiger partial charge in [-0.1, -0.05) is 24.3 Å². The van der Waals surface area contributed by atoms with E-state index in [1.165, 1.54) is 24.1 Å². The first-order valence-electron chi connectivity index (χ1n) is 10.8. The van der Waals surface area contributed by atoms with Gasteiger partial charge < -0.3 is 15.0 Å². The summed E-state index contributed by atoms with van der Waals surface area (Å²) in [4.78, 5) is 14.3. The van der Waals surface area contributed by atoms with Gasteiger partial charge in [0.25, 0.3) is 0 Å². The lowest BCUT2D eigenvalue weighted by atomic mass is 9.90. The third kappa shape index (κ3) is 4.76. The molecule has 1 heterocycles. The van der Waals surface area contributed by atoms with Crippen LogP contribution in [0.4, 0.5) is 5.69 Å². The van der Waals surface area contributed by atoms with Crippen LogP contribution in [0.2, 0.25) is 0 Å². The molecule has 2 aliphatic rings. The highest BCUT2D eigenvalue weighted by Crippen LogP contribution is 2.34. The Balaban J connectivity index is 1.27. The van der Waals surface area contributed by atoms with E-state index >= 15 is 0 Å². The molecule has 1 saturated carbocycles. The number of benzene rings is 2. The van der Waals surface area contributed by atoms with Crippen molar-refractivity contribution in [1.29, 1.82) is 5.26 Å². The molecule has 0 aromatic heterocycles. The van der Waals surface area contributed by atoms with Gasteiger partial charge in [-0.05, 0) is 68.0 Å². The second-order valence-corrected chi connectivity index (χ2v) is 8.60. The monoisotopic (exact) mass is 403 g/mol. The van der Waals surface area contributed by atoms with Gasteiger partial charge in [-0.15, -0.1) is 0 Å². The minimum atomic E-state index is -0.633. The lowest BCUT2D eigenvalue weighted by molar-refractivity contribution is -0.123. The quantitative estimate of drug-likeness (QED) is 0.709. The van der Waals surface area contributed by atoms with E-state index in [0.29, 0.717) is 5.92 Å². The number of amides is 1. The van der Waals surface area contributed by atoms with Crippen LogP contribution in [0, 0.1) is 23.2 Å². The number of nitrogens with zero attached hydrogens (tertiary/aromatic N) is 2. The Morgan fingerprint density at radius 3 is 2.40 bits per heavy atom. The molecule has 0 bridgehead atoms. The summed E-state index contributed by atoms with van der Waals surface area (Å²) in [6.45, 7) is 6.42. The molecule has 156 valence electrons. The van der Waals surface area contributed by atoms with Gasteiger partial charge in [-0.3, -0.25) is 4.79 Å². The minimum Gasteiger partial charge on any atom is -0.493 e. The van der Waals surface area contributed by atoms with Crippen LogP contribution >= 0.6 is 0 Å². The molecular formula is C25H29N3O2. The van der Waals surface area contributed by atoms with Crippen molar-refractivity contribution in [3.63, 3.8) is 0 Å². The summed E-state index contributed by atoms with van der Waals surface area (Å²) in [6.07, 6.45) is 2.62. The predicted octanol–water partition coefficient (Wildman–Crippen LogP) is 4.42. The first kappa shape index (κ1) is 20.3. The van der Waals surface area contributed by atoms with Gasteiger partial charge in [0.15, 0.2) is 0 Å². The molecule has 2 aromatic carbocycles. The van der Waals surface area contributed by atoms with Crippen LogP contribution in [0.15, 0.2) is 48.5 Å². The second kappa shape index (κ2) is 8.79. The molecule has 1 aliphatic heterocycles. The van der Waals surface area contributed by atoms with E-state index in [0.717, 1.165) is 36.9 Å². The fraction of sp³-hybridized carbons (Fsp3) is 0.440. The maximum atomic E-state index is 11.9. The number of hydrogen-bond donors (Lipinski definition) is 1. The number of carbonyl (C=O) groups excluding carboxylic acids is 1. The molecule has 2 fully saturated rings. The number of nitrogens with one attached hydrogen (secondary N) is 1. The number of ether oxygens (including phenoxy) is 1. The number of carbonyl (C=O) groups is 1. The lowest BCUT2D eigenvalue weighted by Gasteiger charge is -2.41. The number of anilines is 1. The van der Waals surface area contributed by atoms with Crippen LogP contribution in [0.3, 0.4) is 0 Å². The van der Waals surface area contributed by atoms with Gasteiger partial charge in [0.05, 0.1) is 18.7 Å². The molecule has 2 unspecified atom stereocenters. The Morgan fingerprint density at radius 2 is 1.80 bits per heavy atom. The van der Waals surface area contributed by atoms with Crippen LogP contribution in [-0.2, 0) is 4.79 Å². The zero-order valence-corrected chi connectivity index (χ0v) is 17.7. The van der Waals surface area contributed by atoms with Crippen LogP contribution in [0.5, 0.6) is 5.75 Å². The molecule has 2 atom stereocenters. The Kier molecular flexibility index (Phi) is 5.94. The van der Waals surface area contributed by atoms with Crippen molar-refractivity contribution in [3.8, 4) is 11.8 Å². The summed E-state index contributed by atoms with van der Waals surface area (Å²) in [7, 11) is 0. The van der Waals surface area contributed by atoms with Crippen molar-refractivity contribution >= 4 is 11.6 Å². The van der Waals surface area contributed by atoms with E-state index in [1.807, 2.05) is 13.0 Å². The molecule has 5 nitrogen and oxygen atoms in total.